The van der Waals surface area contributed by atoms with E-state index in [1.807, 2.05) is 0 Å². The Balaban J connectivity index is 1.69. The molecule has 1 aromatic rings. The van der Waals surface area contributed by atoms with Crippen LogP contribution in [0.4, 0.5) is 0 Å². The van der Waals surface area contributed by atoms with Crippen LogP contribution in [0, 0.1) is 5.92 Å². The summed E-state index contributed by atoms with van der Waals surface area (Å²) in [6.45, 7) is 4.69. The van der Waals surface area contributed by atoms with Crippen LogP contribution in [-0.4, -0.2) is 63.0 Å². The van der Waals surface area contributed by atoms with Gasteiger partial charge in [0.15, 0.2) is 6.10 Å². The Bertz CT molecular complexity index is 916. The van der Waals surface area contributed by atoms with E-state index in [0.717, 1.165) is 25.7 Å². The molecule has 0 spiro atoms. The molecule has 3 rings (SSSR count). The number of amides is 1. The summed E-state index contributed by atoms with van der Waals surface area (Å²) in [5.41, 5.74) is -0.0957. The van der Waals surface area contributed by atoms with Gasteiger partial charge in [0.2, 0.25) is 10.0 Å². The van der Waals surface area contributed by atoms with Gasteiger partial charge in [0.05, 0.1) is 28.7 Å². The first-order valence-corrected chi connectivity index (χ1v) is 12.4. The quantitative estimate of drug-likeness (QED) is 0.638. The average molecular weight is 473 g/mol. The standard InChI is InChI=1S/C21H29ClN2O6S/c1-14-5-3-4-6-19(14)23-20(25)15(2)30-21(26)17-13-16(7-8-18(17)22)31(27,28)24-9-11-29-12-10-24/h7-8,13-15,19H,3-6,9-12H2,1-2H3,(H,23,25)/t14-,15+,19-/m0/s1. The highest BCUT2D eigenvalue weighted by molar-refractivity contribution is 7.89. The Morgan fingerprint density at radius 2 is 1.90 bits per heavy atom. The zero-order valence-corrected chi connectivity index (χ0v) is 19.4. The molecule has 0 unspecified atom stereocenters. The summed E-state index contributed by atoms with van der Waals surface area (Å²) >= 11 is 6.13. The maximum Gasteiger partial charge on any atom is 0.340 e. The van der Waals surface area contributed by atoms with E-state index < -0.39 is 22.1 Å². The highest BCUT2D eigenvalue weighted by Gasteiger charge is 2.30. The van der Waals surface area contributed by atoms with Crippen LogP contribution in [0.3, 0.4) is 0 Å². The molecule has 0 aromatic heterocycles. The van der Waals surface area contributed by atoms with Crippen molar-refractivity contribution in [2.24, 2.45) is 5.92 Å². The van der Waals surface area contributed by atoms with Gasteiger partial charge in [-0.1, -0.05) is 31.4 Å². The third-order valence-corrected chi connectivity index (χ3v) is 8.08. The maximum absolute atomic E-state index is 12.9. The zero-order chi connectivity index (χ0) is 22.6. The number of nitrogens with one attached hydrogen (secondary N) is 1. The predicted octanol–water partition coefficient (Wildman–Crippen LogP) is 2.60. The van der Waals surface area contributed by atoms with Crippen LogP contribution in [0.1, 0.15) is 49.9 Å². The number of carbonyl (C=O) groups excluding carboxylic acids is 2. The van der Waals surface area contributed by atoms with Gasteiger partial charge in [-0.2, -0.15) is 4.31 Å². The van der Waals surface area contributed by atoms with E-state index in [0.29, 0.717) is 19.1 Å². The summed E-state index contributed by atoms with van der Waals surface area (Å²) in [5.74, 6) is -0.846. The highest BCUT2D eigenvalue weighted by Crippen LogP contribution is 2.26. The Hall–Kier alpha value is -1.68. The molecule has 1 saturated heterocycles. The summed E-state index contributed by atoms with van der Waals surface area (Å²) in [7, 11) is -3.80. The molecule has 10 heteroatoms. The van der Waals surface area contributed by atoms with E-state index in [-0.39, 0.29) is 40.5 Å². The van der Waals surface area contributed by atoms with Gasteiger partial charge >= 0.3 is 5.97 Å². The van der Waals surface area contributed by atoms with Crippen LogP contribution in [0.5, 0.6) is 0 Å². The molecular weight excluding hydrogens is 444 g/mol. The second kappa shape index (κ2) is 10.3. The van der Waals surface area contributed by atoms with Gasteiger partial charge in [-0.3, -0.25) is 4.79 Å². The van der Waals surface area contributed by atoms with Crippen LogP contribution < -0.4 is 5.32 Å². The molecule has 1 amide bonds. The molecule has 1 aliphatic heterocycles. The molecule has 3 atom stereocenters. The number of carbonyl (C=O) groups is 2. The van der Waals surface area contributed by atoms with Gasteiger partial charge in [0.25, 0.3) is 5.91 Å². The van der Waals surface area contributed by atoms with Crippen molar-refractivity contribution in [1.82, 2.24) is 9.62 Å². The number of nitrogens with zero attached hydrogens (tertiary/aromatic N) is 1. The molecule has 8 nitrogen and oxygen atoms in total. The topological polar surface area (TPSA) is 102 Å². The van der Waals surface area contributed by atoms with Crippen LogP contribution in [0.15, 0.2) is 23.1 Å². The van der Waals surface area contributed by atoms with Crippen molar-refractivity contribution < 1.29 is 27.5 Å². The first-order valence-electron chi connectivity index (χ1n) is 10.6. The van der Waals surface area contributed by atoms with Gasteiger partial charge in [0, 0.05) is 19.1 Å². The number of halogens is 1. The normalized spacial score (nSPS) is 23.7. The Kier molecular flexibility index (Phi) is 7.96. The van der Waals surface area contributed by atoms with Crippen molar-refractivity contribution in [3.8, 4) is 0 Å². The van der Waals surface area contributed by atoms with Gasteiger partial charge in [-0.05, 0) is 43.9 Å². The van der Waals surface area contributed by atoms with Crippen molar-refractivity contribution in [3.63, 3.8) is 0 Å². The maximum atomic E-state index is 12.9. The minimum absolute atomic E-state index is 0.0550. The van der Waals surface area contributed by atoms with Gasteiger partial charge in [0.1, 0.15) is 0 Å². The number of rotatable bonds is 6. The number of morpholine rings is 1. The van der Waals surface area contributed by atoms with Crippen molar-refractivity contribution in [2.75, 3.05) is 26.3 Å². The lowest BCUT2D eigenvalue weighted by Crippen LogP contribution is -2.46. The fraction of sp³-hybridized carbons (Fsp3) is 0.619. The van der Waals surface area contributed by atoms with Gasteiger partial charge in [-0.25, -0.2) is 13.2 Å². The molecule has 172 valence electrons. The van der Waals surface area contributed by atoms with E-state index in [4.69, 9.17) is 21.1 Å². The number of hydrogen-bond donors (Lipinski definition) is 1. The van der Waals surface area contributed by atoms with E-state index in [2.05, 4.69) is 12.2 Å². The molecule has 0 bridgehead atoms. The molecule has 1 heterocycles. The summed E-state index contributed by atoms with van der Waals surface area (Å²) < 4.78 is 37.5. The summed E-state index contributed by atoms with van der Waals surface area (Å²) in [5, 5.41) is 3.01. The molecule has 2 aliphatic rings. The number of benzene rings is 1. The molecule has 2 fully saturated rings. The van der Waals surface area contributed by atoms with Crippen molar-refractivity contribution >= 4 is 33.5 Å². The third kappa shape index (κ3) is 5.77. The summed E-state index contributed by atoms with van der Waals surface area (Å²) in [6.07, 6.45) is 3.14. The first-order chi connectivity index (χ1) is 14.7. The number of sulfonamides is 1. The second-order valence-electron chi connectivity index (χ2n) is 8.08. The van der Waals surface area contributed by atoms with Crippen LogP contribution in [0.2, 0.25) is 5.02 Å². The molecule has 0 radical (unpaired) electrons. The van der Waals surface area contributed by atoms with Crippen LogP contribution in [-0.2, 0) is 24.3 Å². The second-order valence-corrected chi connectivity index (χ2v) is 10.4. The van der Waals surface area contributed by atoms with E-state index in [1.54, 1.807) is 0 Å². The summed E-state index contributed by atoms with van der Waals surface area (Å²) in [6, 6.07) is 3.96. The van der Waals surface area contributed by atoms with E-state index in [9.17, 15) is 18.0 Å². The van der Waals surface area contributed by atoms with Crippen LogP contribution >= 0.6 is 11.6 Å². The van der Waals surface area contributed by atoms with Crippen molar-refractivity contribution in [1.29, 1.82) is 0 Å². The minimum atomic E-state index is -3.80. The SMILES string of the molecule is C[C@@H](OC(=O)c1cc(S(=O)(=O)N2CCOCC2)ccc1Cl)C(=O)N[C@H]1CCCC[C@@H]1C. The monoisotopic (exact) mass is 472 g/mol. The molecule has 31 heavy (non-hydrogen) atoms. The Morgan fingerprint density at radius 1 is 1.23 bits per heavy atom. The molecule has 1 saturated carbocycles. The Labute approximate surface area is 188 Å². The molecular formula is C21H29ClN2O6S. The Morgan fingerprint density at radius 3 is 2.58 bits per heavy atom. The van der Waals surface area contributed by atoms with E-state index >= 15 is 0 Å². The smallest absolute Gasteiger partial charge is 0.340 e. The molecule has 1 aliphatic carbocycles. The molecule has 1 N–H and O–H groups in total. The largest absolute Gasteiger partial charge is 0.449 e. The van der Waals surface area contributed by atoms with Gasteiger partial charge in [-0.15, -0.1) is 0 Å². The zero-order valence-electron chi connectivity index (χ0n) is 17.8. The first kappa shape index (κ1) is 24.0. The number of esters is 1. The highest BCUT2D eigenvalue weighted by atomic mass is 35.5. The molecule has 1 aromatic carbocycles. The fourth-order valence-electron chi connectivity index (χ4n) is 3.87. The fourth-order valence-corrected chi connectivity index (χ4v) is 5.50. The lowest BCUT2D eigenvalue weighted by atomic mass is 9.86. The minimum Gasteiger partial charge on any atom is -0.449 e. The van der Waals surface area contributed by atoms with E-state index in [1.165, 1.54) is 29.4 Å². The van der Waals surface area contributed by atoms with Crippen molar-refractivity contribution in [3.05, 3.63) is 28.8 Å². The lowest BCUT2D eigenvalue weighted by molar-refractivity contribution is -0.130. The lowest BCUT2D eigenvalue weighted by Gasteiger charge is -2.30. The van der Waals surface area contributed by atoms with Crippen molar-refractivity contribution in [2.45, 2.75) is 56.6 Å². The number of ether oxygens (including phenoxy) is 2. The van der Waals surface area contributed by atoms with Gasteiger partial charge < -0.3 is 14.8 Å². The average Bonchev–Trinajstić information content (AvgIpc) is 2.76. The van der Waals surface area contributed by atoms with Crippen LogP contribution in [0.25, 0.3) is 0 Å². The summed E-state index contributed by atoms with van der Waals surface area (Å²) in [4.78, 5) is 25.1. The third-order valence-electron chi connectivity index (χ3n) is 5.86. The number of hydrogen-bond acceptors (Lipinski definition) is 6. The predicted molar refractivity (Wildman–Crippen MR) is 115 cm³/mol.